The lowest BCUT2D eigenvalue weighted by molar-refractivity contribution is 1.06. The van der Waals surface area contributed by atoms with Gasteiger partial charge in [-0.05, 0) is 37.3 Å². The van der Waals surface area contributed by atoms with Gasteiger partial charge in [0.25, 0.3) is 0 Å². The summed E-state index contributed by atoms with van der Waals surface area (Å²) >= 11 is 0. The Labute approximate surface area is 98.7 Å². The minimum absolute atomic E-state index is 0.735. The van der Waals surface area contributed by atoms with E-state index in [9.17, 15) is 0 Å². The Morgan fingerprint density at radius 3 is 2.76 bits per heavy atom. The third-order valence-electron chi connectivity index (χ3n) is 2.75. The zero-order valence-corrected chi connectivity index (χ0v) is 9.46. The molecule has 84 valence electrons. The van der Waals surface area contributed by atoms with Crippen LogP contribution in [0.2, 0.25) is 0 Å². The van der Waals surface area contributed by atoms with E-state index in [-0.39, 0.29) is 0 Å². The number of imidazole rings is 1. The van der Waals surface area contributed by atoms with Crippen LogP contribution in [0.25, 0.3) is 16.7 Å². The molecule has 0 atom stereocenters. The second kappa shape index (κ2) is 3.59. The summed E-state index contributed by atoms with van der Waals surface area (Å²) in [6.07, 6.45) is 3.62. The van der Waals surface area contributed by atoms with Crippen molar-refractivity contribution >= 4 is 16.7 Å². The summed E-state index contributed by atoms with van der Waals surface area (Å²) in [6.45, 7) is 1.97. The predicted molar refractivity (Wildman–Crippen MR) is 68.0 cm³/mol. The Balaban J connectivity index is 2.23. The maximum atomic E-state index is 5.80. The number of fused-ring (bicyclic) bond motifs is 1. The third kappa shape index (κ3) is 1.63. The van der Waals surface area contributed by atoms with Gasteiger partial charge in [-0.3, -0.25) is 9.55 Å². The number of pyridine rings is 1. The van der Waals surface area contributed by atoms with Crippen LogP contribution < -0.4 is 5.73 Å². The van der Waals surface area contributed by atoms with E-state index >= 15 is 0 Å². The van der Waals surface area contributed by atoms with E-state index in [4.69, 9.17) is 5.73 Å². The van der Waals surface area contributed by atoms with Crippen molar-refractivity contribution in [2.24, 2.45) is 0 Å². The number of nitrogens with zero attached hydrogens (tertiary/aromatic N) is 3. The van der Waals surface area contributed by atoms with E-state index in [1.807, 2.05) is 48.0 Å². The molecule has 0 unspecified atom stereocenters. The van der Waals surface area contributed by atoms with Gasteiger partial charge < -0.3 is 5.73 Å². The maximum absolute atomic E-state index is 5.80. The fourth-order valence-electron chi connectivity index (χ4n) is 1.83. The van der Waals surface area contributed by atoms with Crippen molar-refractivity contribution in [3.05, 3.63) is 48.5 Å². The number of hydrogen-bond acceptors (Lipinski definition) is 3. The van der Waals surface area contributed by atoms with Crippen LogP contribution in [0, 0.1) is 6.92 Å². The molecule has 4 heteroatoms. The average Bonchev–Trinajstić information content (AvgIpc) is 2.73. The molecule has 0 aliphatic rings. The molecular weight excluding hydrogens is 212 g/mol. The standard InChI is InChI=1S/C13H12N4/c1-9-2-4-11(7-15-9)17-8-16-12-5-3-10(14)6-13(12)17/h2-8H,14H2,1H3. The summed E-state index contributed by atoms with van der Waals surface area (Å²) in [4.78, 5) is 8.62. The van der Waals surface area contributed by atoms with Crippen molar-refractivity contribution in [2.75, 3.05) is 5.73 Å². The first-order valence-electron chi connectivity index (χ1n) is 5.40. The highest BCUT2D eigenvalue weighted by Crippen LogP contribution is 2.19. The molecule has 2 heterocycles. The molecular formula is C13H12N4. The fourth-order valence-corrected chi connectivity index (χ4v) is 1.83. The van der Waals surface area contributed by atoms with Crippen LogP contribution in [-0.2, 0) is 0 Å². The molecule has 0 radical (unpaired) electrons. The molecule has 17 heavy (non-hydrogen) atoms. The number of aromatic nitrogens is 3. The molecule has 0 aliphatic carbocycles. The minimum atomic E-state index is 0.735. The van der Waals surface area contributed by atoms with Gasteiger partial charge in [-0.15, -0.1) is 0 Å². The molecule has 1 aromatic carbocycles. The first kappa shape index (κ1) is 9.84. The molecule has 3 rings (SSSR count). The topological polar surface area (TPSA) is 56.7 Å². The quantitative estimate of drug-likeness (QED) is 0.645. The van der Waals surface area contributed by atoms with Crippen LogP contribution in [0.15, 0.2) is 42.9 Å². The van der Waals surface area contributed by atoms with Crippen LogP contribution in [0.1, 0.15) is 5.69 Å². The molecule has 0 bridgehead atoms. The van der Waals surface area contributed by atoms with Gasteiger partial charge in [-0.1, -0.05) is 0 Å². The second-order valence-electron chi connectivity index (χ2n) is 4.02. The largest absolute Gasteiger partial charge is 0.399 e. The zero-order chi connectivity index (χ0) is 11.8. The molecule has 0 spiro atoms. The Kier molecular flexibility index (Phi) is 2.08. The first-order valence-corrected chi connectivity index (χ1v) is 5.40. The van der Waals surface area contributed by atoms with Gasteiger partial charge in [0.1, 0.15) is 6.33 Å². The number of rotatable bonds is 1. The van der Waals surface area contributed by atoms with Crippen molar-refractivity contribution in [1.29, 1.82) is 0 Å². The smallest absolute Gasteiger partial charge is 0.100 e. The lowest BCUT2D eigenvalue weighted by Crippen LogP contribution is -1.94. The predicted octanol–water partition coefficient (Wildman–Crippen LogP) is 2.31. The maximum Gasteiger partial charge on any atom is 0.100 e. The van der Waals surface area contributed by atoms with Crippen LogP contribution in [0.4, 0.5) is 5.69 Å². The number of nitrogens with two attached hydrogens (primary N) is 1. The Hall–Kier alpha value is -2.36. The van der Waals surface area contributed by atoms with E-state index in [0.717, 1.165) is 28.1 Å². The summed E-state index contributed by atoms with van der Waals surface area (Å²) < 4.78 is 1.98. The summed E-state index contributed by atoms with van der Waals surface area (Å²) in [5.74, 6) is 0. The fraction of sp³-hybridized carbons (Fsp3) is 0.0769. The van der Waals surface area contributed by atoms with E-state index in [1.54, 1.807) is 6.33 Å². The molecule has 0 saturated heterocycles. The number of aryl methyl sites for hydroxylation is 1. The highest BCUT2D eigenvalue weighted by atomic mass is 15.1. The summed E-state index contributed by atoms with van der Waals surface area (Å²) in [5, 5.41) is 0. The highest BCUT2D eigenvalue weighted by Gasteiger charge is 2.04. The molecule has 3 aromatic rings. The number of anilines is 1. The van der Waals surface area contributed by atoms with Gasteiger partial charge in [-0.25, -0.2) is 4.98 Å². The van der Waals surface area contributed by atoms with E-state index in [1.165, 1.54) is 0 Å². The Morgan fingerprint density at radius 2 is 2.00 bits per heavy atom. The van der Waals surface area contributed by atoms with E-state index < -0.39 is 0 Å². The van der Waals surface area contributed by atoms with Gasteiger partial charge in [0.15, 0.2) is 0 Å². The summed E-state index contributed by atoms with van der Waals surface area (Å²) in [5.41, 5.74) is 10.4. The third-order valence-corrected chi connectivity index (χ3v) is 2.75. The molecule has 0 saturated carbocycles. The first-order chi connectivity index (χ1) is 8.24. The Bertz CT molecular complexity index is 667. The van der Waals surface area contributed by atoms with Crippen LogP contribution in [-0.4, -0.2) is 14.5 Å². The van der Waals surface area contributed by atoms with Crippen molar-refractivity contribution < 1.29 is 0 Å². The number of nitrogen functional groups attached to an aromatic ring is 1. The summed E-state index contributed by atoms with van der Waals surface area (Å²) in [6, 6.07) is 9.69. The monoisotopic (exact) mass is 224 g/mol. The normalized spacial score (nSPS) is 10.9. The molecule has 0 amide bonds. The van der Waals surface area contributed by atoms with Crippen LogP contribution in [0.3, 0.4) is 0 Å². The SMILES string of the molecule is Cc1ccc(-n2cnc3ccc(N)cc32)cn1. The van der Waals surface area contributed by atoms with Gasteiger partial charge in [0.05, 0.1) is 22.9 Å². The van der Waals surface area contributed by atoms with Gasteiger partial charge in [0.2, 0.25) is 0 Å². The lowest BCUT2D eigenvalue weighted by Gasteiger charge is -2.04. The Morgan fingerprint density at radius 1 is 1.12 bits per heavy atom. The van der Waals surface area contributed by atoms with Crippen molar-refractivity contribution in [3.63, 3.8) is 0 Å². The molecule has 2 N–H and O–H groups in total. The second-order valence-corrected chi connectivity index (χ2v) is 4.02. The molecule has 0 aliphatic heterocycles. The van der Waals surface area contributed by atoms with Crippen molar-refractivity contribution in [3.8, 4) is 5.69 Å². The zero-order valence-electron chi connectivity index (χ0n) is 9.46. The summed E-state index contributed by atoms with van der Waals surface area (Å²) in [7, 11) is 0. The molecule has 2 aromatic heterocycles. The number of hydrogen-bond donors (Lipinski definition) is 1. The van der Waals surface area contributed by atoms with Gasteiger partial charge in [-0.2, -0.15) is 0 Å². The highest BCUT2D eigenvalue weighted by molar-refractivity contribution is 5.80. The lowest BCUT2D eigenvalue weighted by atomic mass is 10.2. The van der Waals surface area contributed by atoms with E-state index in [2.05, 4.69) is 9.97 Å². The van der Waals surface area contributed by atoms with Crippen molar-refractivity contribution in [1.82, 2.24) is 14.5 Å². The van der Waals surface area contributed by atoms with Crippen LogP contribution in [0.5, 0.6) is 0 Å². The van der Waals surface area contributed by atoms with Gasteiger partial charge >= 0.3 is 0 Å². The van der Waals surface area contributed by atoms with Crippen molar-refractivity contribution in [2.45, 2.75) is 6.92 Å². The molecule has 0 fully saturated rings. The number of benzene rings is 1. The van der Waals surface area contributed by atoms with Gasteiger partial charge in [0, 0.05) is 11.4 Å². The minimum Gasteiger partial charge on any atom is -0.399 e. The van der Waals surface area contributed by atoms with Crippen LogP contribution >= 0.6 is 0 Å². The van der Waals surface area contributed by atoms with E-state index in [0.29, 0.717) is 0 Å². The average molecular weight is 224 g/mol. The molecule has 4 nitrogen and oxygen atoms in total.